The van der Waals surface area contributed by atoms with Crippen molar-refractivity contribution in [3.8, 4) is 0 Å². The van der Waals surface area contributed by atoms with E-state index in [2.05, 4.69) is 27.0 Å². The standard InChI is InChI=1S/C12H21N5/c1-8-10(13)6-3-7-17(8)12-14-11(15-16-12)9-4-2-5-9/h8-10H,2-7,13H2,1H3,(H,14,15,16). The number of aromatic nitrogens is 3. The molecule has 3 rings (SSSR count). The molecule has 0 radical (unpaired) electrons. The van der Waals surface area contributed by atoms with Crippen LogP contribution in [0, 0.1) is 0 Å². The van der Waals surface area contributed by atoms with Crippen molar-refractivity contribution in [3.05, 3.63) is 5.82 Å². The van der Waals surface area contributed by atoms with Crippen molar-refractivity contribution in [2.45, 2.75) is 57.0 Å². The fourth-order valence-corrected chi connectivity index (χ4v) is 2.71. The van der Waals surface area contributed by atoms with E-state index in [-0.39, 0.29) is 6.04 Å². The maximum atomic E-state index is 6.10. The van der Waals surface area contributed by atoms with Crippen LogP contribution >= 0.6 is 0 Å². The summed E-state index contributed by atoms with van der Waals surface area (Å²) in [5, 5.41) is 7.46. The monoisotopic (exact) mass is 235 g/mol. The quantitative estimate of drug-likeness (QED) is 0.812. The van der Waals surface area contributed by atoms with Gasteiger partial charge in [0.1, 0.15) is 5.82 Å². The van der Waals surface area contributed by atoms with Gasteiger partial charge in [-0.1, -0.05) is 6.42 Å². The topological polar surface area (TPSA) is 70.8 Å². The van der Waals surface area contributed by atoms with Crippen molar-refractivity contribution in [1.82, 2.24) is 15.2 Å². The minimum atomic E-state index is 0.245. The molecule has 1 saturated carbocycles. The molecule has 5 heteroatoms. The van der Waals surface area contributed by atoms with Gasteiger partial charge in [0.2, 0.25) is 5.95 Å². The van der Waals surface area contributed by atoms with Crippen LogP contribution in [0.5, 0.6) is 0 Å². The molecule has 0 amide bonds. The predicted molar refractivity (Wildman–Crippen MR) is 67.0 cm³/mol. The molecule has 3 N–H and O–H groups in total. The van der Waals surface area contributed by atoms with Crippen LogP contribution in [-0.2, 0) is 0 Å². The number of hydrogen-bond donors (Lipinski definition) is 2. The highest BCUT2D eigenvalue weighted by Gasteiger charge is 2.29. The van der Waals surface area contributed by atoms with Gasteiger partial charge >= 0.3 is 0 Å². The van der Waals surface area contributed by atoms with E-state index in [9.17, 15) is 0 Å². The van der Waals surface area contributed by atoms with E-state index in [1.165, 1.54) is 19.3 Å². The summed E-state index contributed by atoms with van der Waals surface area (Å²) in [6, 6.07) is 0.586. The predicted octanol–water partition coefficient (Wildman–Crippen LogP) is 1.39. The first-order valence-corrected chi connectivity index (χ1v) is 6.70. The molecule has 94 valence electrons. The summed E-state index contributed by atoms with van der Waals surface area (Å²) in [6.07, 6.45) is 6.08. The number of rotatable bonds is 2. The lowest BCUT2D eigenvalue weighted by atomic mass is 9.85. The van der Waals surface area contributed by atoms with Crippen LogP contribution in [0.25, 0.3) is 0 Å². The van der Waals surface area contributed by atoms with Gasteiger partial charge in [-0.25, -0.2) is 0 Å². The number of hydrogen-bond acceptors (Lipinski definition) is 4. The van der Waals surface area contributed by atoms with Gasteiger partial charge in [0.25, 0.3) is 0 Å². The molecule has 1 aromatic rings. The Morgan fingerprint density at radius 1 is 1.29 bits per heavy atom. The molecule has 1 saturated heterocycles. The van der Waals surface area contributed by atoms with Crippen LogP contribution in [-0.4, -0.2) is 33.8 Å². The van der Waals surface area contributed by atoms with Gasteiger partial charge in [0, 0.05) is 24.5 Å². The average molecular weight is 235 g/mol. The lowest BCUT2D eigenvalue weighted by molar-refractivity contribution is 0.401. The van der Waals surface area contributed by atoms with Crippen LogP contribution in [0.4, 0.5) is 5.95 Å². The van der Waals surface area contributed by atoms with E-state index < -0.39 is 0 Å². The van der Waals surface area contributed by atoms with Crippen LogP contribution in [0.2, 0.25) is 0 Å². The highest BCUT2D eigenvalue weighted by molar-refractivity contribution is 5.33. The van der Waals surface area contributed by atoms with Crippen molar-refractivity contribution in [3.63, 3.8) is 0 Å². The van der Waals surface area contributed by atoms with Crippen molar-refractivity contribution in [1.29, 1.82) is 0 Å². The highest BCUT2D eigenvalue weighted by Crippen LogP contribution is 2.35. The molecule has 0 spiro atoms. The fourth-order valence-electron chi connectivity index (χ4n) is 2.71. The summed E-state index contributed by atoms with van der Waals surface area (Å²) in [6.45, 7) is 3.19. The average Bonchev–Trinajstić information content (AvgIpc) is 2.68. The number of anilines is 1. The number of aromatic amines is 1. The van der Waals surface area contributed by atoms with Gasteiger partial charge in [0.15, 0.2) is 0 Å². The molecular weight excluding hydrogens is 214 g/mol. The molecule has 1 aromatic heterocycles. The maximum Gasteiger partial charge on any atom is 0.245 e. The van der Waals surface area contributed by atoms with Gasteiger partial charge in [-0.3, -0.25) is 5.10 Å². The Hall–Kier alpha value is -1.10. The third kappa shape index (κ3) is 1.92. The smallest absolute Gasteiger partial charge is 0.245 e. The van der Waals surface area contributed by atoms with E-state index in [1.807, 2.05) is 0 Å². The van der Waals surface area contributed by atoms with Gasteiger partial charge < -0.3 is 10.6 Å². The van der Waals surface area contributed by atoms with Crippen molar-refractivity contribution >= 4 is 5.95 Å². The summed E-state index contributed by atoms with van der Waals surface area (Å²) >= 11 is 0. The number of H-pyrrole nitrogens is 1. The van der Waals surface area contributed by atoms with Crippen molar-refractivity contribution in [2.24, 2.45) is 5.73 Å². The lowest BCUT2D eigenvalue weighted by Crippen LogP contribution is -2.51. The van der Waals surface area contributed by atoms with Crippen LogP contribution < -0.4 is 10.6 Å². The summed E-state index contributed by atoms with van der Waals surface area (Å²) in [5.41, 5.74) is 6.10. The zero-order valence-electron chi connectivity index (χ0n) is 10.4. The van der Waals surface area contributed by atoms with Gasteiger partial charge in [-0.05, 0) is 32.6 Å². The number of nitrogens with two attached hydrogens (primary N) is 1. The molecule has 1 aliphatic carbocycles. The Labute approximate surface area is 102 Å². The molecule has 1 aliphatic heterocycles. The number of nitrogens with one attached hydrogen (secondary N) is 1. The van der Waals surface area contributed by atoms with E-state index in [0.29, 0.717) is 12.0 Å². The Morgan fingerprint density at radius 3 is 2.82 bits per heavy atom. The minimum absolute atomic E-state index is 0.245. The lowest BCUT2D eigenvalue weighted by Gasteiger charge is -2.36. The molecule has 2 fully saturated rings. The number of piperidine rings is 1. The van der Waals surface area contributed by atoms with Gasteiger partial charge in [0.05, 0.1) is 0 Å². The van der Waals surface area contributed by atoms with Crippen LogP contribution in [0.3, 0.4) is 0 Å². The normalized spacial score (nSPS) is 30.4. The third-order valence-electron chi connectivity index (χ3n) is 4.29. The molecule has 5 nitrogen and oxygen atoms in total. The van der Waals surface area contributed by atoms with Crippen molar-refractivity contribution < 1.29 is 0 Å². The summed E-state index contributed by atoms with van der Waals surface area (Å²) in [4.78, 5) is 6.89. The summed E-state index contributed by atoms with van der Waals surface area (Å²) in [7, 11) is 0. The zero-order chi connectivity index (χ0) is 11.8. The second kappa shape index (κ2) is 4.29. The van der Waals surface area contributed by atoms with Gasteiger partial charge in [-0.2, -0.15) is 4.98 Å². The van der Waals surface area contributed by atoms with E-state index in [0.717, 1.165) is 31.2 Å². The molecule has 0 bridgehead atoms. The molecule has 2 atom stereocenters. The first-order chi connectivity index (χ1) is 8.25. The van der Waals surface area contributed by atoms with Crippen LogP contribution in [0.1, 0.15) is 50.8 Å². The third-order valence-corrected chi connectivity index (χ3v) is 4.29. The Kier molecular flexibility index (Phi) is 2.78. The zero-order valence-corrected chi connectivity index (χ0v) is 10.4. The second-order valence-electron chi connectivity index (χ2n) is 5.39. The Balaban J connectivity index is 1.76. The SMILES string of the molecule is CC1C(N)CCCN1c1n[nH]c(C2CCC2)n1. The van der Waals surface area contributed by atoms with Crippen molar-refractivity contribution in [2.75, 3.05) is 11.4 Å². The molecule has 2 heterocycles. The largest absolute Gasteiger partial charge is 0.335 e. The van der Waals surface area contributed by atoms with E-state index in [4.69, 9.17) is 5.73 Å². The van der Waals surface area contributed by atoms with Gasteiger partial charge in [-0.15, -0.1) is 5.10 Å². The second-order valence-corrected chi connectivity index (χ2v) is 5.39. The minimum Gasteiger partial charge on any atom is -0.335 e. The molecule has 2 unspecified atom stereocenters. The Bertz CT molecular complexity index is 384. The number of nitrogens with zero attached hydrogens (tertiary/aromatic N) is 3. The maximum absolute atomic E-state index is 6.10. The van der Waals surface area contributed by atoms with E-state index in [1.54, 1.807) is 0 Å². The fraction of sp³-hybridized carbons (Fsp3) is 0.833. The molecule has 17 heavy (non-hydrogen) atoms. The molecule has 0 aromatic carbocycles. The first-order valence-electron chi connectivity index (χ1n) is 6.70. The molecule has 2 aliphatic rings. The Morgan fingerprint density at radius 2 is 2.12 bits per heavy atom. The van der Waals surface area contributed by atoms with Crippen LogP contribution in [0.15, 0.2) is 0 Å². The highest BCUT2D eigenvalue weighted by atomic mass is 15.4. The summed E-state index contributed by atoms with van der Waals surface area (Å²) < 4.78 is 0. The molecular formula is C12H21N5. The summed E-state index contributed by atoms with van der Waals surface area (Å²) in [5.74, 6) is 2.53. The van der Waals surface area contributed by atoms with E-state index >= 15 is 0 Å². The first kappa shape index (κ1) is 11.0.